The first-order valence-electron chi connectivity index (χ1n) is 7.30. The van der Waals surface area contributed by atoms with Gasteiger partial charge in [-0.1, -0.05) is 0 Å². The molecule has 2 bridgehead atoms. The van der Waals surface area contributed by atoms with Gasteiger partial charge in [-0.05, 0) is 57.1 Å². The minimum atomic E-state index is -0.434. The molecule has 5 rings (SSSR count). The summed E-state index contributed by atoms with van der Waals surface area (Å²) in [5, 5.41) is 9.79. The van der Waals surface area contributed by atoms with E-state index in [2.05, 4.69) is 12.1 Å². The van der Waals surface area contributed by atoms with E-state index in [4.69, 9.17) is 14.5 Å². The van der Waals surface area contributed by atoms with Crippen molar-refractivity contribution in [2.24, 2.45) is 11.3 Å². The minimum Gasteiger partial charge on any atom is -0.343 e. The van der Waals surface area contributed by atoms with Crippen LogP contribution in [0.15, 0.2) is 11.6 Å². The summed E-state index contributed by atoms with van der Waals surface area (Å²) >= 11 is 0. The summed E-state index contributed by atoms with van der Waals surface area (Å²) in [6.07, 6.45) is 7.87. The lowest BCUT2D eigenvalue weighted by atomic mass is 9.53. The van der Waals surface area contributed by atoms with E-state index < -0.39 is 5.60 Å². The van der Waals surface area contributed by atoms with Crippen LogP contribution in [0, 0.1) is 22.7 Å². The highest BCUT2D eigenvalue weighted by molar-refractivity contribution is 5.26. The molecule has 2 saturated carbocycles. The van der Waals surface area contributed by atoms with Crippen molar-refractivity contribution >= 4 is 0 Å². The molecule has 102 valence electrons. The highest BCUT2D eigenvalue weighted by Crippen LogP contribution is 2.59. The Labute approximate surface area is 113 Å². The van der Waals surface area contributed by atoms with Crippen molar-refractivity contribution in [1.82, 2.24) is 0 Å². The van der Waals surface area contributed by atoms with Gasteiger partial charge < -0.3 is 4.74 Å². The Morgan fingerprint density at radius 3 is 2.95 bits per heavy atom. The quantitative estimate of drug-likeness (QED) is 0.497. The third kappa shape index (κ3) is 1.44. The van der Waals surface area contributed by atoms with Crippen LogP contribution in [0.25, 0.3) is 0 Å². The number of nitrogens with zero attached hydrogens (tertiary/aromatic N) is 1. The Kier molecular flexibility index (Phi) is 2.39. The van der Waals surface area contributed by atoms with E-state index in [0.29, 0.717) is 0 Å². The third-order valence-corrected chi connectivity index (χ3v) is 5.45. The second-order valence-electron chi connectivity index (χ2n) is 6.52. The monoisotopic (exact) mass is 261 g/mol. The number of hydrogen-bond donors (Lipinski definition) is 0. The maximum atomic E-state index is 9.79. The first-order chi connectivity index (χ1) is 9.19. The van der Waals surface area contributed by atoms with Crippen molar-refractivity contribution in [1.29, 1.82) is 5.26 Å². The lowest BCUT2D eigenvalue weighted by Gasteiger charge is -2.52. The smallest absolute Gasteiger partial charge is 0.213 e. The predicted molar refractivity (Wildman–Crippen MR) is 66.6 cm³/mol. The summed E-state index contributed by atoms with van der Waals surface area (Å²) in [6.45, 7) is 2.04. The summed E-state index contributed by atoms with van der Waals surface area (Å²) in [7, 11) is 0. The van der Waals surface area contributed by atoms with Gasteiger partial charge in [0.05, 0.1) is 17.6 Å². The van der Waals surface area contributed by atoms with Crippen LogP contribution in [-0.2, 0) is 14.5 Å². The summed E-state index contributed by atoms with van der Waals surface area (Å²) in [4.78, 5) is 11.2. The van der Waals surface area contributed by atoms with Gasteiger partial charge in [-0.15, -0.1) is 0 Å². The van der Waals surface area contributed by atoms with E-state index in [1.54, 1.807) is 0 Å². The standard InChI is InChI=1S/C15H19NO3/c1-10-8-15-7-3-6-14(9-16)5-2-4-11(12(14)15)17-13(10)18-19-15/h8,11-13H,2-7H2,1H3/t11-,12-,13-,14-,15+/m1/s1. The molecule has 0 aromatic carbocycles. The Morgan fingerprint density at radius 1 is 1.32 bits per heavy atom. The topological polar surface area (TPSA) is 51.5 Å². The zero-order chi connectivity index (χ0) is 13.1. The van der Waals surface area contributed by atoms with Crippen molar-refractivity contribution in [3.05, 3.63) is 11.6 Å². The predicted octanol–water partition coefficient (Wildman–Crippen LogP) is 2.85. The highest BCUT2D eigenvalue weighted by atomic mass is 17.2. The zero-order valence-electron chi connectivity index (χ0n) is 11.2. The number of hydrogen-bond acceptors (Lipinski definition) is 4. The Morgan fingerprint density at radius 2 is 2.16 bits per heavy atom. The van der Waals surface area contributed by atoms with Crippen LogP contribution in [0.3, 0.4) is 0 Å². The van der Waals surface area contributed by atoms with Gasteiger partial charge in [-0.25, -0.2) is 4.89 Å². The lowest BCUT2D eigenvalue weighted by molar-refractivity contribution is -0.407. The van der Waals surface area contributed by atoms with E-state index in [1.807, 2.05) is 6.92 Å². The van der Waals surface area contributed by atoms with Gasteiger partial charge in [0.15, 0.2) is 0 Å². The first-order valence-corrected chi connectivity index (χ1v) is 7.30. The SMILES string of the molecule is CC1=C[C@]23CCC[C@@]4(C#N)CCC[C@@H](O[C@@H]1OO2)[C@H]43. The van der Waals surface area contributed by atoms with Crippen LogP contribution in [0.2, 0.25) is 0 Å². The van der Waals surface area contributed by atoms with Crippen molar-refractivity contribution < 1.29 is 14.5 Å². The van der Waals surface area contributed by atoms with Gasteiger partial charge in [-0.2, -0.15) is 10.1 Å². The summed E-state index contributed by atoms with van der Waals surface area (Å²) < 4.78 is 6.11. The Hall–Kier alpha value is -0.890. The van der Waals surface area contributed by atoms with Crippen LogP contribution in [-0.4, -0.2) is 18.0 Å². The molecule has 1 saturated heterocycles. The normalized spacial score (nSPS) is 51.8. The molecule has 19 heavy (non-hydrogen) atoms. The molecule has 3 heterocycles. The maximum absolute atomic E-state index is 9.79. The molecular weight excluding hydrogens is 242 g/mol. The van der Waals surface area contributed by atoms with Crippen LogP contribution in [0.1, 0.15) is 45.4 Å². The molecule has 0 aromatic rings. The molecule has 5 aliphatic rings. The van der Waals surface area contributed by atoms with Crippen molar-refractivity contribution in [2.75, 3.05) is 0 Å². The Balaban J connectivity index is 1.88. The molecule has 4 nitrogen and oxygen atoms in total. The first kappa shape index (κ1) is 11.9. The Bertz CT molecular complexity index is 478. The number of ether oxygens (including phenoxy) is 1. The van der Waals surface area contributed by atoms with Gasteiger partial charge in [0.2, 0.25) is 6.29 Å². The fourth-order valence-corrected chi connectivity index (χ4v) is 4.75. The zero-order valence-corrected chi connectivity index (χ0v) is 11.2. The molecule has 3 aliphatic heterocycles. The molecule has 0 radical (unpaired) electrons. The lowest BCUT2D eigenvalue weighted by Crippen LogP contribution is -2.57. The van der Waals surface area contributed by atoms with Gasteiger partial charge >= 0.3 is 0 Å². The summed E-state index contributed by atoms with van der Waals surface area (Å²) in [5.41, 5.74) is 0.367. The molecule has 0 unspecified atom stereocenters. The second-order valence-corrected chi connectivity index (χ2v) is 6.52. The van der Waals surface area contributed by atoms with Crippen molar-refractivity contribution in [3.63, 3.8) is 0 Å². The molecule has 0 amide bonds. The minimum absolute atomic E-state index is 0.0925. The molecule has 0 N–H and O–H groups in total. The summed E-state index contributed by atoms with van der Waals surface area (Å²) in [6, 6.07) is 2.62. The number of fused-ring (bicyclic) bond motifs is 1. The fraction of sp³-hybridized carbons (Fsp3) is 0.800. The van der Waals surface area contributed by atoms with Crippen molar-refractivity contribution in [3.8, 4) is 6.07 Å². The number of rotatable bonds is 0. The summed E-state index contributed by atoms with van der Waals surface area (Å²) in [5.74, 6) is 0.120. The maximum Gasteiger partial charge on any atom is 0.213 e. The van der Waals surface area contributed by atoms with E-state index in [1.165, 1.54) is 0 Å². The third-order valence-electron chi connectivity index (χ3n) is 5.45. The van der Waals surface area contributed by atoms with E-state index in [-0.39, 0.29) is 23.7 Å². The largest absolute Gasteiger partial charge is 0.343 e. The van der Waals surface area contributed by atoms with Crippen LogP contribution in [0.4, 0.5) is 0 Å². The number of nitriles is 1. The van der Waals surface area contributed by atoms with E-state index in [0.717, 1.165) is 44.1 Å². The van der Waals surface area contributed by atoms with Gasteiger partial charge in [0.25, 0.3) is 0 Å². The highest BCUT2D eigenvalue weighted by Gasteiger charge is 2.63. The molecule has 5 atom stereocenters. The van der Waals surface area contributed by atoms with E-state index in [9.17, 15) is 5.26 Å². The van der Waals surface area contributed by atoms with Crippen molar-refractivity contribution in [2.45, 2.75) is 63.4 Å². The fourth-order valence-electron chi connectivity index (χ4n) is 4.75. The molecule has 3 fully saturated rings. The van der Waals surface area contributed by atoms with Gasteiger partial charge in [-0.3, -0.25) is 0 Å². The molecule has 4 heteroatoms. The van der Waals surface area contributed by atoms with Crippen LogP contribution >= 0.6 is 0 Å². The van der Waals surface area contributed by atoms with Crippen LogP contribution in [0.5, 0.6) is 0 Å². The van der Waals surface area contributed by atoms with Gasteiger partial charge in [0, 0.05) is 5.92 Å². The molecular formula is C15H19NO3. The molecule has 0 aromatic heterocycles. The molecule has 2 aliphatic carbocycles. The average molecular weight is 261 g/mol. The molecule has 1 spiro atoms. The van der Waals surface area contributed by atoms with Crippen LogP contribution < -0.4 is 0 Å². The van der Waals surface area contributed by atoms with E-state index >= 15 is 0 Å². The van der Waals surface area contributed by atoms with Gasteiger partial charge in [0.1, 0.15) is 5.60 Å². The second kappa shape index (κ2) is 3.82. The average Bonchev–Trinajstić information content (AvgIpc) is 2.65.